The third-order valence-electron chi connectivity index (χ3n) is 10.8. The van der Waals surface area contributed by atoms with E-state index < -0.39 is 0 Å². The normalized spacial score (nSPS) is 27.6. The highest BCUT2D eigenvalue weighted by molar-refractivity contribution is 6.26. The van der Waals surface area contributed by atoms with Gasteiger partial charge in [-0.15, -0.1) is 0 Å². The second-order valence-corrected chi connectivity index (χ2v) is 12.9. The molecule has 3 heterocycles. The molecule has 0 unspecified atom stereocenters. The minimum absolute atomic E-state index is 0.392. The van der Waals surface area contributed by atoms with Crippen LogP contribution in [0.1, 0.15) is 55.2 Å². The van der Waals surface area contributed by atoms with E-state index in [1.165, 1.54) is 98.6 Å². The highest BCUT2D eigenvalue weighted by Gasteiger charge is 2.51. The molecule has 3 aromatic heterocycles. The number of hydrogen-bond acceptors (Lipinski definition) is 0. The van der Waals surface area contributed by atoms with Crippen LogP contribution >= 0.6 is 0 Å². The van der Waals surface area contributed by atoms with E-state index in [9.17, 15) is 0 Å². The molecule has 4 saturated carbocycles. The van der Waals surface area contributed by atoms with Gasteiger partial charge < -0.3 is 4.40 Å². The molecule has 2 heteroatoms. The molecule has 0 aliphatic heterocycles. The average molecular weight is 470 g/mol. The van der Waals surface area contributed by atoms with Crippen molar-refractivity contribution in [2.24, 2.45) is 24.8 Å². The maximum Gasteiger partial charge on any atom is 0.224 e. The van der Waals surface area contributed by atoms with Crippen molar-refractivity contribution < 1.29 is 4.57 Å². The molecule has 10 rings (SSSR count). The summed E-state index contributed by atoms with van der Waals surface area (Å²) in [6, 6.07) is 19.1. The number of aryl methyl sites for hydroxylation is 3. The van der Waals surface area contributed by atoms with Crippen LogP contribution in [0.3, 0.4) is 0 Å². The number of fused-ring (bicyclic) bond motifs is 5. The smallest absolute Gasteiger partial charge is 0.224 e. The zero-order chi connectivity index (χ0) is 23.9. The van der Waals surface area contributed by atoms with E-state index in [4.69, 9.17) is 0 Å². The standard InChI is InChI=1S/C34H33N2/c1-19-10-27-26-6-4-5-7-28(26)36-29-15-25(34-16-21-11-22(17-34)13-23(12-21)18-34)14-24-8-9-35(3)33(31(24)29)30(20(19)2)32(27)36/h4-10,14-15,21-23H,11-13,16-18H2,1-3H3/q+1. The van der Waals surface area contributed by atoms with Gasteiger partial charge in [-0.1, -0.05) is 18.2 Å². The van der Waals surface area contributed by atoms with E-state index >= 15 is 0 Å². The summed E-state index contributed by atoms with van der Waals surface area (Å²) in [4.78, 5) is 0. The van der Waals surface area contributed by atoms with Crippen molar-refractivity contribution in [1.29, 1.82) is 0 Å². The molecule has 0 spiro atoms. The Bertz CT molecular complexity index is 1870. The molecule has 2 nitrogen and oxygen atoms in total. The van der Waals surface area contributed by atoms with Crippen molar-refractivity contribution in [1.82, 2.24) is 4.40 Å². The van der Waals surface area contributed by atoms with Crippen molar-refractivity contribution in [3.63, 3.8) is 0 Å². The summed E-state index contributed by atoms with van der Waals surface area (Å²) < 4.78 is 5.00. The van der Waals surface area contributed by atoms with Crippen LogP contribution in [0.4, 0.5) is 0 Å². The number of benzene rings is 3. The fourth-order valence-corrected chi connectivity index (χ4v) is 9.63. The first kappa shape index (κ1) is 20.0. The van der Waals surface area contributed by atoms with Gasteiger partial charge in [0.2, 0.25) is 5.52 Å². The summed E-state index contributed by atoms with van der Waals surface area (Å²) in [5.74, 6) is 2.87. The lowest BCUT2D eigenvalue weighted by atomic mass is 9.48. The van der Waals surface area contributed by atoms with Gasteiger partial charge in [-0.3, -0.25) is 0 Å². The molecule has 0 radical (unpaired) electrons. The Labute approximate surface area is 211 Å². The molecule has 4 aliphatic carbocycles. The van der Waals surface area contributed by atoms with Crippen LogP contribution in [0.25, 0.3) is 49.0 Å². The van der Waals surface area contributed by atoms with Gasteiger partial charge >= 0.3 is 0 Å². The van der Waals surface area contributed by atoms with Gasteiger partial charge in [-0.05, 0) is 122 Å². The van der Waals surface area contributed by atoms with Crippen LogP contribution in [0.15, 0.2) is 54.7 Å². The van der Waals surface area contributed by atoms with Crippen LogP contribution < -0.4 is 4.57 Å². The summed E-state index contributed by atoms with van der Waals surface area (Å²) in [6.07, 6.45) is 11.0. The second-order valence-electron chi connectivity index (χ2n) is 12.9. The average Bonchev–Trinajstić information content (AvgIpc) is 3.19. The lowest BCUT2D eigenvalue weighted by Gasteiger charge is -2.57. The zero-order valence-electron chi connectivity index (χ0n) is 21.6. The third-order valence-corrected chi connectivity index (χ3v) is 10.8. The van der Waals surface area contributed by atoms with Crippen LogP contribution in [-0.4, -0.2) is 4.40 Å². The monoisotopic (exact) mass is 469 g/mol. The van der Waals surface area contributed by atoms with E-state index in [2.05, 4.69) is 84.6 Å². The Morgan fingerprint density at radius 3 is 2.28 bits per heavy atom. The van der Waals surface area contributed by atoms with Crippen molar-refractivity contribution in [3.8, 4) is 0 Å². The minimum atomic E-state index is 0.392. The fraction of sp³-hybridized carbons (Fsp3) is 0.382. The number of rotatable bonds is 1. The van der Waals surface area contributed by atoms with E-state index in [1.807, 2.05) is 0 Å². The molecular formula is C34H33N2+. The Kier molecular flexibility index (Phi) is 3.56. The van der Waals surface area contributed by atoms with Gasteiger partial charge in [0.05, 0.1) is 27.3 Å². The summed E-state index contributed by atoms with van der Waals surface area (Å²) in [7, 11) is 2.23. The van der Waals surface area contributed by atoms with Crippen LogP contribution in [-0.2, 0) is 12.5 Å². The molecule has 3 aromatic carbocycles. The van der Waals surface area contributed by atoms with Crippen molar-refractivity contribution in [3.05, 3.63) is 71.4 Å². The SMILES string of the molecule is Cc1cc2c3ccccc3n3c4cc(C56CC7CC(CC(C7)C5)C6)cc5cc[n+](C)c(c(c1C)c23)c54. The number of hydrogen-bond donors (Lipinski definition) is 0. The summed E-state index contributed by atoms with van der Waals surface area (Å²) in [5, 5.41) is 7.04. The highest BCUT2D eigenvalue weighted by Crippen LogP contribution is 2.61. The maximum absolute atomic E-state index is 2.64. The Morgan fingerprint density at radius 2 is 1.53 bits per heavy atom. The van der Waals surface area contributed by atoms with Crippen molar-refractivity contribution >= 4 is 49.0 Å². The summed E-state index contributed by atoms with van der Waals surface area (Å²) >= 11 is 0. The predicted molar refractivity (Wildman–Crippen MR) is 149 cm³/mol. The zero-order valence-corrected chi connectivity index (χ0v) is 21.6. The molecule has 4 bridgehead atoms. The predicted octanol–water partition coefficient (Wildman–Crippen LogP) is 7.90. The number of pyridine rings is 2. The second kappa shape index (κ2) is 6.40. The number of para-hydroxylation sites is 1. The Morgan fingerprint density at radius 1 is 0.806 bits per heavy atom. The first-order chi connectivity index (χ1) is 17.5. The van der Waals surface area contributed by atoms with E-state index in [-0.39, 0.29) is 0 Å². The Balaban J connectivity index is 1.51. The lowest BCUT2D eigenvalue weighted by molar-refractivity contribution is -0.643. The maximum atomic E-state index is 2.64. The fourth-order valence-electron chi connectivity index (χ4n) is 9.63. The summed E-state index contributed by atoms with van der Waals surface area (Å²) in [6.45, 7) is 4.60. The van der Waals surface area contributed by atoms with Gasteiger partial charge in [-0.2, -0.15) is 0 Å². The molecule has 4 aliphatic rings. The van der Waals surface area contributed by atoms with Crippen molar-refractivity contribution in [2.75, 3.05) is 0 Å². The van der Waals surface area contributed by atoms with Crippen molar-refractivity contribution in [2.45, 2.75) is 57.8 Å². The largest absolute Gasteiger partial charge is 0.307 e. The molecule has 0 atom stereocenters. The molecule has 6 aromatic rings. The Hall–Kier alpha value is -3.13. The molecule has 0 saturated heterocycles. The van der Waals surface area contributed by atoms with Crippen LogP contribution in [0.2, 0.25) is 0 Å². The van der Waals surface area contributed by atoms with E-state index in [0.717, 1.165) is 17.8 Å². The van der Waals surface area contributed by atoms with Gasteiger partial charge in [0, 0.05) is 16.8 Å². The topological polar surface area (TPSA) is 8.29 Å². The third kappa shape index (κ3) is 2.28. The molecular weight excluding hydrogens is 436 g/mol. The molecule has 4 fully saturated rings. The number of aromatic nitrogens is 2. The first-order valence-corrected chi connectivity index (χ1v) is 14.0. The van der Waals surface area contributed by atoms with Gasteiger partial charge in [0.15, 0.2) is 6.20 Å². The lowest BCUT2D eigenvalue weighted by Crippen LogP contribution is -2.48. The quantitative estimate of drug-likeness (QED) is 0.131. The van der Waals surface area contributed by atoms with Crippen LogP contribution in [0, 0.1) is 31.6 Å². The van der Waals surface area contributed by atoms with Gasteiger partial charge in [0.25, 0.3) is 0 Å². The highest BCUT2D eigenvalue weighted by atomic mass is 15.0. The van der Waals surface area contributed by atoms with Crippen LogP contribution in [0.5, 0.6) is 0 Å². The van der Waals surface area contributed by atoms with E-state index in [0.29, 0.717) is 5.41 Å². The summed E-state index contributed by atoms with van der Waals surface area (Å²) in [5.41, 5.74) is 10.4. The van der Waals surface area contributed by atoms with Gasteiger partial charge in [-0.25, -0.2) is 4.57 Å². The molecule has 0 N–H and O–H groups in total. The van der Waals surface area contributed by atoms with E-state index in [1.54, 1.807) is 5.56 Å². The first-order valence-electron chi connectivity index (χ1n) is 14.0. The molecule has 36 heavy (non-hydrogen) atoms. The molecule has 178 valence electrons. The number of nitrogens with zero attached hydrogens (tertiary/aromatic N) is 2. The minimum Gasteiger partial charge on any atom is -0.307 e. The van der Waals surface area contributed by atoms with Gasteiger partial charge in [0.1, 0.15) is 7.05 Å². The molecule has 0 amide bonds.